The Kier molecular flexibility index (Phi) is 1.98. The molecular weight excluding hydrogens is 150 g/mol. The minimum atomic E-state index is 0.123. The van der Waals surface area contributed by atoms with Crippen LogP contribution in [0, 0.1) is 5.92 Å². The van der Waals surface area contributed by atoms with Gasteiger partial charge in [0.15, 0.2) is 0 Å². The van der Waals surface area contributed by atoms with Crippen LogP contribution in [0.15, 0.2) is 29.2 Å². The summed E-state index contributed by atoms with van der Waals surface area (Å²) in [6, 6.07) is 5.32. The largest absolute Gasteiger partial charge is 0.316 e. The Labute approximate surface area is 71.8 Å². The van der Waals surface area contributed by atoms with Gasteiger partial charge in [0.2, 0.25) is 5.56 Å². The lowest BCUT2D eigenvalue weighted by molar-refractivity contribution is 0.581. The third-order valence-corrected chi connectivity index (χ3v) is 2.37. The zero-order valence-corrected chi connectivity index (χ0v) is 7.07. The van der Waals surface area contributed by atoms with Gasteiger partial charge in [-0.3, -0.25) is 4.79 Å². The molecule has 0 spiro atoms. The number of aryl methyl sites for hydroxylation is 1. The molecule has 0 N–H and O–H groups in total. The van der Waals surface area contributed by atoms with Crippen LogP contribution in [0.25, 0.3) is 0 Å². The van der Waals surface area contributed by atoms with Crippen molar-refractivity contribution in [3.8, 4) is 0 Å². The Morgan fingerprint density at radius 2 is 2.25 bits per heavy atom. The van der Waals surface area contributed by atoms with E-state index in [2.05, 4.69) is 0 Å². The molecule has 2 rings (SSSR count). The van der Waals surface area contributed by atoms with Crippen LogP contribution >= 0.6 is 0 Å². The van der Waals surface area contributed by atoms with Gasteiger partial charge in [0.05, 0.1) is 0 Å². The minimum Gasteiger partial charge on any atom is -0.316 e. The Morgan fingerprint density at radius 3 is 2.92 bits per heavy atom. The maximum Gasteiger partial charge on any atom is 0.250 e. The summed E-state index contributed by atoms with van der Waals surface area (Å²) in [5.41, 5.74) is 0.123. The molecule has 1 aliphatic rings. The molecule has 2 heteroatoms. The Morgan fingerprint density at radius 1 is 1.42 bits per heavy atom. The van der Waals surface area contributed by atoms with Gasteiger partial charge in [-0.15, -0.1) is 0 Å². The van der Waals surface area contributed by atoms with E-state index in [0.717, 1.165) is 12.5 Å². The SMILES string of the molecule is O=c1ccccn1CCC1CC1. The lowest BCUT2D eigenvalue weighted by atomic mass is 10.3. The molecule has 0 atom stereocenters. The van der Waals surface area contributed by atoms with Gasteiger partial charge in [0.1, 0.15) is 0 Å². The van der Waals surface area contributed by atoms with E-state index in [4.69, 9.17) is 0 Å². The van der Waals surface area contributed by atoms with Crippen LogP contribution in [0.5, 0.6) is 0 Å². The van der Waals surface area contributed by atoms with E-state index in [9.17, 15) is 4.79 Å². The van der Waals surface area contributed by atoms with E-state index in [-0.39, 0.29) is 5.56 Å². The molecule has 1 aromatic heterocycles. The van der Waals surface area contributed by atoms with Gasteiger partial charge in [-0.05, 0) is 18.4 Å². The summed E-state index contributed by atoms with van der Waals surface area (Å²) in [5.74, 6) is 0.900. The van der Waals surface area contributed by atoms with Crippen LogP contribution in [0.1, 0.15) is 19.3 Å². The van der Waals surface area contributed by atoms with E-state index in [1.165, 1.54) is 19.3 Å². The average Bonchev–Trinajstić information content (AvgIpc) is 2.86. The topological polar surface area (TPSA) is 22.0 Å². The van der Waals surface area contributed by atoms with E-state index >= 15 is 0 Å². The Bertz CT molecular complexity index is 312. The van der Waals surface area contributed by atoms with Crippen LogP contribution < -0.4 is 5.56 Å². The smallest absolute Gasteiger partial charge is 0.250 e. The molecule has 1 aromatic rings. The molecule has 1 aliphatic carbocycles. The van der Waals surface area contributed by atoms with Crippen molar-refractivity contribution in [3.05, 3.63) is 34.7 Å². The van der Waals surface area contributed by atoms with Crippen molar-refractivity contribution in [3.63, 3.8) is 0 Å². The van der Waals surface area contributed by atoms with Gasteiger partial charge in [0.25, 0.3) is 0 Å². The van der Waals surface area contributed by atoms with Crippen molar-refractivity contribution in [1.29, 1.82) is 0 Å². The van der Waals surface area contributed by atoms with Crippen molar-refractivity contribution >= 4 is 0 Å². The van der Waals surface area contributed by atoms with E-state index in [0.29, 0.717) is 0 Å². The first-order chi connectivity index (χ1) is 5.86. The normalized spacial score (nSPS) is 16.3. The summed E-state index contributed by atoms with van der Waals surface area (Å²) in [7, 11) is 0. The zero-order chi connectivity index (χ0) is 8.39. The number of pyridine rings is 1. The second-order valence-corrected chi connectivity index (χ2v) is 3.46. The van der Waals surface area contributed by atoms with Gasteiger partial charge in [-0.2, -0.15) is 0 Å². The van der Waals surface area contributed by atoms with E-state index in [1.54, 1.807) is 16.7 Å². The Balaban J connectivity index is 2.01. The predicted molar refractivity (Wildman–Crippen MR) is 48.0 cm³/mol. The van der Waals surface area contributed by atoms with Crippen molar-refractivity contribution in [1.82, 2.24) is 4.57 Å². The molecule has 2 nitrogen and oxygen atoms in total. The summed E-state index contributed by atoms with van der Waals surface area (Å²) >= 11 is 0. The van der Waals surface area contributed by atoms with Crippen molar-refractivity contribution in [2.75, 3.05) is 0 Å². The van der Waals surface area contributed by atoms with Crippen LogP contribution in [-0.2, 0) is 6.54 Å². The molecule has 0 amide bonds. The van der Waals surface area contributed by atoms with Gasteiger partial charge in [-0.1, -0.05) is 18.9 Å². The third-order valence-electron chi connectivity index (χ3n) is 2.37. The minimum absolute atomic E-state index is 0.123. The van der Waals surface area contributed by atoms with E-state index in [1.807, 2.05) is 12.3 Å². The lowest BCUT2D eigenvalue weighted by Crippen LogP contribution is -2.17. The fraction of sp³-hybridized carbons (Fsp3) is 0.500. The molecule has 12 heavy (non-hydrogen) atoms. The highest BCUT2D eigenvalue weighted by molar-refractivity contribution is 4.93. The fourth-order valence-corrected chi connectivity index (χ4v) is 1.37. The van der Waals surface area contributed by atoms with E-state index < -0.39 is 0 Å². The molecule has 1 fully saturated rings. The summed E-state index contributed by atoms with van der Waals surface area (Å²) in [5, 5.41) is 0. The summed E-state index contributed by atoms with van der Waals surface area (Å²) < 4.78 is 1.79. The quantitative estimate of drug-likeness (QED) is 0.664. The molecule has 0 unspecified atom stereocenters. The average molecular weight is 163 g/mol. The second kappa shape index (κ2) is 3.13. The highest BCUT2D eigenvalue weighted by Crippen LogP contribution is 2.32. The second-order valence-electron chi connectivity index (χ2n) is 3.46. The number of hydrogen-bond acceptors (Lipinski definition) is 1. The maximum absolute atomic E-state index is 11.2. The highest BCUT2D eigenvalue weighted by atomic mass is 16.1. The molecule has 64 valence electrons. The van der Waals surface area contributed by atoms with Crippen molar-refractivity contribution in [2.45, 2.75) is 25.8 Å². The van der Waals surface area contributed by atoms with Crippen LogP contribution in [0.2, 0.25) is 0 Å². The first-order valence-corrected chi connectivity index (χ1v) is 4.52. The number of rotatable bonds is 3. The monoisotopic (exact) mass is 163 g/mol. The summed E-state index contributed by atoms with van der Waals surface area (Å²) in [6.07, 6.45) is 5.76. The highest BCUT2D eigenvalue weighted by Gasteiger charge is 2.20. The van der Waals surface area contributed by atoms with Gasteiger partial charge in [-0.25, -0.2) is 0 Å². The van der Waals surface area contributed by atoms with Crippen LogP contribution in [0.4, 0.5) is 0 Å². The van der Waals surface area contributed by atoms with Crippen LogP contribution in [-0.4, -0.2) is 4.57 Å². The summed E-state index contributed by atoms with van der Waals surface area (Å²) in [6.45, 7) is 0.893. The van der Waals surface area contributed by atoms with Crippen molar-refractivity contribution < 1.29 is 0 Å². The third kappa shape index (κ3) is 1.76. The number of aromatic nitrogens is 1. The molecule has 0 bridgehead atoms. The first-order valence-electron chi connectivity index (χ1n) is 4.52. The lowest BCUT2D eigenvalue weighted by Gasteiger charge is -2.02. The predicted octanol–water partition coefficient (Wildman–Crippen LogP) is 1.65. The molecule has 1 saturated carbocycles. The molecule has 0 radical (unpaired) electrons. The van der Waals surface area contributed by atoms with Gasteiger partial charge < -0.3 is 4.57 Å². The maximum atomic E-state index is 11.2. The molecule has 0 saturated heterocycles. The molecule has 0 aromatic carbocycles. The molecule has 1 heterocycles. The number of nitrogens with zero attached hydrogens (tertiary/aromatic N) is 1. The molecular formula is C10H13NO. The van der Waals surface area contributed by atoms with Crippen molar-refractivity contribution in [2.24, 2.45) is 5.92 Å². The molecule has 0 aliphatic heterocycles. The standard InChI is InChI=1S/C10H13NO/c12-10-3-1-2-7-11(10)8-6-9-4-5-9/h1-3,7,9H,4-6,8H2. The van der Waals surface area contributed by atoms with Crippen LogP contribution in [0.3, 0.4) is 0 Å². The number of hydrogen-bond donors (Lipinski definition) is 0. The fourth-order valence-electron chi connectivity index (χ4n) is 1.37. The zero-order valence-electron chi connectivity index (χ0n) is 7.07. The Hall–Kier alpha value is -1.05. The van der Waals surface area contributed by atoms with Gasteiger partial charge >= 0.3 is 0 Å². The van der Waals surface area contributed by atoms with Gasteiger partial charge in [0, 0.05) is 18.8 Å². The summed E-state index contributed by atoms with van der Waals surface area (Å²) in [4.78, 5) is 11.2. The first kappa shape index (κ1) is 7.59.